The van der Waals surface area contributed by atoms with E-state index in [1.165, 1.54) is 0 Å². The second-order valence-electron chi connectivity index (χ2n) is 5.30. The Kier molecular flexibility index (Phi) is 6.16. The van der Waals surface area contributed by atoms with Crippen LogP contribution in [0.4, 0.5) is 0 Å². The zero-order chi connectivity index (χ0) is 14.3. The van der Waals surface area contributed by atoms with Crippen LogP contribution in [0, 0.1) is 5.41 Å². The highest BCUT2D eigenvalue weighted by Gasteiger charge is 2.25. The van der Waals surface area contributed by atoms with Crippen molar-refractivity contribution < 1.29 is 14.6 Å². The number of hydrogen-bond acceptors (Lipinski definition) is 2. The summed E-state index contributed by atoms with van der Waals surface area (Å²) in [5.74, 6) is 0.0835. The second kappa shape index (κ2) is 7.39. The minimum absolute atomic E-state index is 0.628. The summed E-state index contributed by atoms with van der Waals surface area (Å²) < 4.78 is 5.57. The Morgan fingerprint density at radius 2 is 1.84 bits per heavy atom. The van der Waals surface area contributed by atoms with Crippen LogP contribution < -0.4 is 4.74 Å². The van der Waals surface area contributed by atoms with Crippen LogP contribution in [0.25, 0.3) is 0 Å². The minimum Gasteiger partial charge on any atom is -0.494 e. The molecule has 0 aliphatic heterocycles. The fourth-order valence-electron chi connectivity index (χ4n) is 1.67. The average molecular weight is 285 g/mol. The molecule has 0 atom stereocenters. The van der Waals surface area contributed by atoms with Crippen LogP contribution in [0.15, 0.2) is 24.3 Å². The summed E-state index contributed by atoms with van der Waals surface area (Å²) in [5, 5.41) is 9.68. The summed E-state index contributed by atoms with van der Waals surface area (Å²) >= 11 is 5.78. The molecule has 0 saturated carbocycles. The van der Waals surface area contributed by atoms with Gasteiger partial charge in [0.25, 0.3) is 0 Å². The number of halogens is 1. The fourth-order valence-corrected chi connectivity index (χ4v) is 1.80. The highest BCUT2D eigenvalue weighted by atomic mass is 35.5. The Bertz CT molecular complexity index is 398. The third kappa shape index (κ3) is 5.97. The normalized spacial score (nSPS) is 11.3. The van der Waals surface area contributed by atoms with E-state index in [1.54, 1.807) is 26.0 Å². The Morgan fingerprint density at radius 3 is 2.42 bits per heavy atom. The number of rotatable bonds is 8. The molecule has 0 heterocycles. The standard InChI is InChI=1S/C15H21ClO3/c1-15(2,14(17)18)10-4-3-5-11-19-13-8-6-12(16)7-9-13/h6-9H,3-5,10-11H2,1-2H3,(H,17,18). The molecule has 0 aromatic heterocycles. The van der Waals surface area contributed by atoms with Crippen molar-refractivity contribution in [2.24, 2.45) is 5.41 Å². The van der Waals surface area contributed by atoms with Crippen LogP contribution >= 0.6 is 11.6 Å². The predicted molar refractivity (Wildman–Crippen MR) is 76.8 cm³/mol. The molecular weight excluding hydrogens is 264 g/mol. The monoisotopic (exact) mass is 284 g/mol. The molecule has 106 valence electrons. The van der Waals surface area contributed by atoms with Crippen LogP contribution in [-0.2, 0) is 4.79 Å². The van der Waals surface area contributed by atoms with Crippen LogP contribution in [0.5, 0.6) is 5.75 Å². The van der Waals surface area contributed by atoms with Crippen molar-refractivity contribution in [3.8, 4) is 5.75 Å². The van der Waals surface area contributed by atoms with Crippen LogP contribution in [0.3, 0.4) is 0 Å². The number of benzene rings is 1. The lowest BCUT2D eigenvalue weighted by Gasteiger charge is -2.18. The first kappa shape index (κ1) is 15.8. The first-order valence-corrected chi connectivity index (χ1v) is 6.91. The van der Waals surface area contributed by atoms with Gasteiger partial charge in [0, 0.05) is 5.02 Å². The van der Waals surface area contributed by atoms with E-state index in [1.807, 2.05) is 12.1 Å². The largest absolute Gasteiger partial charge is 0.494 e. The number of carbonyl (C=O) groups is 1. The van der Waals surface area contributed by atoms with Gasteiger partial charge in [-0.2, -0.15) is 0 Å². The predicted octanol–water partition coefficient (Wildman–Crippen LogP) is 4.39. The maximum Gasteiger partial charge on any atom is 0.309 e. The molecule has 1 rings (SSSR count). The molecule has 1 N–H and O–H groups in total. The fraction of sp³-hybridized carbons (Fsp3) is 0.533. The Hall–Kier alpha value is -1.22. The van der Waals surface area contributed by atoms with Gasteiger partial charge in [0.05, 0.1) is 12.0 Å². The molecule has 0 aliphatic rings. The molecule has 0 saturated heterocycles. The first-order valence-electron chi connectivity index (χ1n) is 6.53. The van der Waals surface area contributed by atoms with E-state index in [4.69, 9.17) is 21.4 Å². The number of hydrogen-bond donors (Lipinski definition) is 1. The first-order chi connectivity index (χ1) is 8.92. The van der Waals surface area contributed by atoms with E-state index >= 15 is 0 Å². The number of unbranched alkanes of at least 4 members (excludes halogenated alkanes) is 2. The van der Waals surface area contributed by atoms with Gasteiger partial charge in [0.2, 0.25) is 0 Å². The summed E-state index contributed by atoms with van der Waals surface area (Å²) in [6.45, 7) is 4.17. The molecule has 1 aromatic rings. The van der Waals surface area contributed by atoms with Crippen molar-refractivity contribution in [2.75, 3.05) is 6.61 Å². The molecule has 0 unspecified atom stereocenters. The van der Waals surface area contributed by atoms with Gasteiger partial charge in [-0.25, -0.2) is 0 Å². The number of ether oxygens (including phenoxy) is 1. The van der Waals surface area contributed by atoms with Crippen molar-refractivity contribution in [3.63, 3.8) is 0 Å². The summed E-state index contributed by atoms with van der Waals surface area (Å²) in [6.07, 6.45) is 3.51. The molecular formula is C15H21ClO3. The number of aliphatic carboxylic acids is 1. The number of carboxylic acid groups (broad SMARTS) is 1. The highest BCUT2D eigenvalue weighted by Crippen LogP contribution is 2.23. The van der Waals surface area contributed by atoms with Gasteiger partial charge in [0.15, 0.2) is 0 Å². The van der Waals surface area contributed by atoms with Crippen molar-refractivity contribution in [2.45, 2.75) is 39.5 Å². The van der Waals surface area contributed by atoms with Crippen molar-refractivity contribution in [3.05, 3.63) is 29.3 Å². The molecule has 0 amide bonds. The Labute approximate surface area is 119 Å². The van der Waals surface area contributed by atoms with Gasteiger partial charge < -0.3 is 9.84 Å². The molecule has 19 heavy (non-hydrogen) atoms. The SMILES string of the molecule is CC(C)(CCCCCOc1ccc(Cl)cc1)C(=O)O. The van der Waals surface area contributed by atoms with E-state index < -0.39 is 11.4 Å². The molecule has 0 aliphatic carbocycles. The minimum atomic E-state index is -0.732. The third-order valence-corrected chi connectivity index (χ3v) is 3.36. The van der Waals surface area contributed by atoms with E-state index in [0.717, 1.165) is 25.0 Å². The van der Waals surface area contributed by atoms with E-state index in [0.29, 0.717) is 18.1 Å². The van der Waals surface area contributed by atoms with Crippen molar-refractivity contribution >= 4 is 17.6 Å². The van der Waals surface area contributed by atoms with Crippen LogP contribution in [0.1, 0.15) is 39.5 Å². The third-order valence-electron chi connectivity index (χ3n) is 3.11. The molecule has 0 spiro atoms. The topological polar surface area (TPSA) is 46.5 Å². The second-order valence-corrected chi connectivity index (χ2v) is 5.74. The van der Waals surface area contributed by atoms with Gasteiger partial charge in [-0.3, -0.25) is 4.79 Å². The molecule has 0 bridgehead atoms. The lowest BCUT2D eigenvalue weighted by molar-refractivity contribution is -0.147. The lowest BCUT2D eigenvalue weighted by atomic mass is 9.87. The zero-order valence-corrected chi connectivity index (χ0v) is 12.2. The summed E-state index contributed by atoms with van der Waals surface area (Å²) in [5.41, 5.74) is -0.628. The van der Waals surface area contributed by atoms with Crippen LogP contribution in [-0.4, -0.2) is 17.7 Å². The molecule has 0 radical (unpaired) electrons. The van der Waals surface area contributed by atoms with Crippen molar-refractivity contribution in [1.82, 2.24) is 0 Å². The zero-order valence-electron chi connectivity index (χ0n) is 11.5. The molecule has 3 nitrogen and oxygen atoms in total. The van der Waals surface area contributed by atoms with Gasteiger partial charge in [-0.15, -0.1) is 0 Å². The molecule has 4 heteroatoms. The average Bonchev–Trinajstić information content (AvgIpc) is 2.35. The summed E-state index contributed by atoms with van der Waals surface area (Å²) in [6, 6.07) is 7.28. The summed E-state index contributed by atoms with van der Waals surface area (Å²) in [7, 11) is 0. The van der Waals surface area contributed by atoms with E-state index in [-0.39, 0.29) is 0 Å². The quantitative estimate of drug-likeness (QED) is 0.720. The lowest BCUT2D eigenvalue weighted by Crippen LogP contribution is -2.23. The molecule has 1 aromatic carbocycles. The van der Waals surface area contributed by atoms with Crippen LogP contribution in [0.2, 0.25) is 5.02 Å². The smallest absolute Gasteiger partial charge is 0.309 e. The number of carboxylic acids is 1. The van der Waals surface area contributed by atoms with Gasteiger partial charge in [0.1, 0.15) is 5.75 Å². The maximum absolute atomic E-state index is 10.9. The molecule has 0 fully saturated rings. The van der Waals surface area contributed by atoms with Gasteiger partial charge in [-0.05, 0) is 51.0 Å². The van der Waals surface area contributed by atoms with E-state index in [2.05, 4.69) is 0 Å². The highest BCUT2D eigenvalue weighted by molar-refractivity contribution is 6.30. The maximum atomic E-state index is 10.9. The summed E-state index contributed by atoms with van der Waals surface area (Å²) in [4.78, 5) is 10.9. The Morgan fingerprint density at radius 1 is 1.21 bits per heavy atom. The van der Waals surface area contributed by atoms with Gasteiger partial charge >= 0.3 is 5.97 Å². The van der Waals surface area contributed by atoms with Crippen molar-refractivity contribution in [1.29, 1.82) is 0 Å². The Balaban J connectivity index is 2.12. The van der Waals surface area contributed by atoms with E-state index in [9.17, 15) is 4.79 Å². The van der Waals surface area contributed by atoms with Gasteiger partial charge in [-0.1, -0.05) is 24.4 Å².